The summed E-state index contributed by atoms with van der Waals surface area (Å²) in [5.74, 6) is 0.978. The number of nitrogens with zero attached hydrogens (tertiary/aromatic N) is 3. The lowest BCUT2D eigenvalue weighted by molar-refractivity contribution is 0.0420. The van der Waals surface area contributed by atoms with E-state index in [0.29, 0.717) is 24.9 Å². The van der Waals surface area contributed by atoms with Crippen LogP contribution in [0, 0.1) is 6.92 Å². The third-order valence-electron chi connectivity index (χ3n) is 3.78. The smallest absolute Gasteiger partial charge is 0.231 e. The van der Waals surface area contributed by atoms with Crippen LogP contribution in [0.25, 0.3) is 0 Å². The minimum absolute atomic E-state index is 0.0460. The number of hydrogen-bond donors (Lipinski definition) is 0. The van der Waals surface area contributed by atoms with Crippen molar-refractivity contribution in [1.29, 1.82) is 0 Å². The van der Waals surface area contributed by atoms with Crippen LogP contribution in [0.3, 0.4) is 0 Å². The van der Waals surface area contributed by atoms with Crippen LogP contribution in [0.5, 0.6) is 0 Å². The SMILES string of the molecule is Cc1noc([C@H]2C[C@@H]3OCC[C@@H]3N(S(C)(=O)=O)C2)n1. The topological polar surface area (TPSA) is 85.5 Å². The first-order valence-corrected chi connectivity index (χ1v) is 8.18. The van der Waals surface area contributed by atoms with Gasteiger partial charge in [0, 0.05) is 13.2 Å². The predicted octanol–water partition coefficient (Wildman–Crippen LogP) is 0.284. The molecule has 8 heteroatoms. The minimum atomic E-state index is -3.25. The van der Waals surface area contributed by atoms with Crippen LogP contribution in [0.4, 0.5) is 0 Å². The number of aryl methyl sites for hydroxylation is 1. The maximum atomic E-state index is 11.9. The third kappa shape index (κ3) is 2.39. The molecule has 2 aliphatic rings. The van der Waals surface area contributed by atoms with Gasteiger partial charge in [-0.2, -0.15) is 9.29 Å². The fraction of sp³-hybridized carbons (Fsp3) is 0.818. The fourth-order valence-corrected chi connectivity index (χ4v) is 4.12. The van der Waals surface area contributed by atoms with E-state index < -0.39 is 10.0 Å². The molecule has 19 heavy (non-hydrogen) atoms. The van der Waals surface area contributed by atoms with Crippen LogP contribution in [0.2, 0.25) is 0 Å². The van der Waals surface area contributed by atoms with Crippen LogP contribution >= 0.6 is 0 Å². The Balaban J connectivity index is 1.89. The zero-order chi connectivity index (χ0) is 13.6. The molecule has 3 atom stereocenters. The van der Waals surface area contributed by atoms with Gasteiger partial charge >= 0.3 is 0 Å². The van der Waals surface area contributed by atoms with Crippen LogP contribution in [0.15, 0.2) is 4.52 Å². The summed E-state index contributed by atoms with van der Waals surface area (Å²) in [5, 5.41) is 3.77. The molecule has 0 spiro atoms. The molecule has 0 bridgehead atoms. The second-order valence-corrected chi connectivity index (χ2v) is 7.15. The minimum Gasteiger partial charge on any atom is -0.376 e. The van der Waals surface area contributed by atoms with E-state index >= 15 is 0 Å². The molecule has 3 rings (SSSR count). The van der Waals surface area contributed by atoms with E-state index in [9.17, 15) is 8.42 Å². The third-order valence-corrected chi connectivity index (χ3v) is 5.05. The predicted molar refractivity (Wildman–Crippen MR) is 66.1 cm³/mol. The highest BCUT2D eigenvalue weighted by Crippen LogP contribution is 2.36. The second kappa shape index (κ2) is 4.53. The summed E-state index contributed by atoms with van der Waals surface area (Å²) in [6.07, 6.45) is 2.66. The quantitative estimate of drug-likeness (QED) is 0.777. The van der Waals surface area contributed by atoms with Crippen LogP contribution in [-0.4, -0.2) is 54.4 Å². The average molecular weight is 287 g/mol. The summed E-state index contributed by atoms with van der Waals surface area (Å²) in [7, 11) is -3.25. The van der Waals surface area contributed by atoms with Gasteiger partial charge in [0.1, 0.15) is 0 Å². The lowest BCUT2D eigenvalue weighted by Gasteiger charge is -2.37. The van der Waals surface area contributed by atoms with Gasteiger partial charge in [-0.3, -0.25) is 0 Å². The van der Waals surface area contributed by atoms with Gasteiger partial charge < -0.3 is 9.26 Å². The molecule has 0 amide bonds. The highest BCUT2D eigenvalue weighted by Gasteiger charge is 2.45. The lowest BCUT2D eigenvalue weighted by Crippen LogP contribution is -2.50. The molecule has 0 N–H and O–H groups in total. The lowest BCUT2D eigenvalue weighted by atomic mass is 9.92. The van der Waals surface area contributed by atoms with Gasteiger partial charge in [0.05, 0.1) is 24.3 Å². The number of rotatable bonds is 2. The molecular weight excluding hydrogens is 270 g/mol. The van der Waals surface area contributed by atoms with Gasteiger partial charge in [-0.05, 0) is 19.8 Å². The Labute approximate surface area is 112 Å². The molecule has 0 saturated carbocycles. The van der Waals surface area contributed by atoms with E-state index in [-0.39, 0.29) is 18.1 Å². The summed E-state index contributed by atoms with van der Waals surface area (Å²) < 4.78 is 36.2. The molecule has 0 unspecified atom stereocenters. The first kappa shape index (κ1) is 13.0. The van der Waals surface area contributed by atoms with E-state index in [4.69, 9.17) is 9.26 Å². The summed E-state index contributed by atoms with van der Waals surface area (Å²) >= 11 is 0. The van der Waals surface area contributed by atoms with Gasteiger partial charge in [0.25, 0.3) is 0 Å². The molecule has 1 aromatic rings. The molecule has 0 radical (unpaired) electrons. The average Bonchev–Trinajstić information content (AvgIpc) is 2.94. The van der Waals surface area contributed by atoms with Gasteiger partial charge in [-0.25, -0.2) is 8.42 Å². The highest BCUT2D eigenvalue weighted by atomic mass is 32.2. The van der Waals surface area contributed by atoms with Crippen LogP contribution in [0.1, 0.15) is 30.5 Å². The zero-order valence-corrected chi connectivity index (χ0v) is 11.8. The van der Waals surface area contributed by atoms with E-state index in [1.165, 1.54) is 10.6 Å². The molecule has 0 aliphatic carbocycles. The van der Waals surface area contributed by atoms with Gasteiger partial charge in [0.2, 0.25) is 15.9 Å². The van der Waals surface area contributed by atoms with E-state index in [0.717, 1.165) is 12.8 Å². The van der Waals surface area contributed by atoms with Crippen molar-refractivity contribution in [2.75, 3.05) is 19.4 Å². The zero-order valence-electron chi connectivity index (χ0n) is 10.9. The van der Waals surface area contributed by atoms with E-state index in [1.54, 1.807) is 6.92 Å². The molecule has 2 aliphatic heterocycles. The van der Waals surface area contributed by atoms with E-state index in [1.807, 2.05) is 0 Å². The van der Waals surface area contributed by atoms with Gasteiger partial charge in [-0.15, -0.1) is 0 Å². The van der Waals surface area contributed by atoms with Gasteiger partial charge in [-0.1, -0.05) is 5.16 Å². The number of fused-ring (bicyclic) bond motifs is 1. The summed E-state index contributed by atoms with van der Waals surface area (Å²) in [6.45, 7) is 2.75. The first-order chi connectivity index (χ1) is 8.95. The Hall–Kier alpha value is -0.990. The molecule has 7 nitrogen and oxygen atoms in total. The maximum absolute atomic E-state index is 11.9. The number of aromatic nitrogens is 2. The van der Waals surface area contributed by atoms with E-state index in [2.05, 4.69) is 10.1 Å². The second-order valence-electron chi connectivity index (χ2n) is 5.21. The standard InChI is InChI=1S/C11H17N3O4S/c1-7-12-11(18-13-7)8-5-10-9(3-4-17-10)14(6-8)19(2,15)16/h8-10H,3-6H2,1-2H3/t8-,9-,10-/m0/s1. The van der Waals surface area contributed by atoms with Crippen molar-refractivity contribution in [3.8, 4) is 0 Å². The molecular formula is C11H17N3O4S. The molecule has 1 aromatic heterocycles. The van der Waals surface area contributed by atoms with Crippen molar-refractivity contribution in [1.82, 2.24) is 14.4 Å². The number of ether oxygens (including phenoxy) is 1. The van der Waals surface area contributed by atoms with Crippen molar-refractivity contribution >= 4 is 10.0 Å². The number of piperidine rings is 1. The Kier molecular flexibility index (Phi) is 3.11. The normalized spacial score (nSPS) is 32.4. The summed E-state index contributed by atoms with van der Waals surface area (Å²) in [6, 6.07) is -0.0460. The van der Waals surface area contributed by atoms with Gasteiger partial charge in [0.15, 0.2) is 5.82 Å². The Morgan fingerprint density at radius 1 is 1.42 bits per heavy atom. The van der Waals surface area contributed by atoms with Crippen molar-refractivity contribution in [3.63, 3.8) is 0 Å². The highest BCUT2D eigenvalue weighted by molar-refractivity contribution is 7.88. The molecule has 3 heterocycles. The maximum Gasteiger partial charge on any atom is 0.231 e. The number of hydrogen-bond acceptors (Lipinski definition) is 6. The molecule has 106 valence electrons. The number of sulfonamides is 1. The first-order valence-electron chi connectivity index (χ1n) is 6.34. The monoisotopic (exact) mass is 287 g/mol. The molecule has 2 saturated heterocycles. The largest absolute Gasteiger partial charge is 0.376 e. The van der Waals surface area contributed by atoms with Crippen molar-refractivity contribution in [2.45, 2.75) is 37.8 Å². The Morgan fingerprint density at radius 3 is 2.84 bits per heavy atom. The molecule has 2 fully saturated rings. The van der Waals surface area contributed by atoms with Crippen LogP contribution in [-0.2, 0) is 14.8 Å². The summed E-state index contributed by atoms with van der Waals surface area (Å²) in [4.78, 5) is 4.21. The summed E-state index contributed by atoms with van der Waals surface area (Å²) in [5.41, 5.74) is 0. The van der Waals surface area contributed by atoms with Crippen molar-refractivity contribution in [2.24, 2.45) is 0 Å². The Bertz CT molecular complexity index is 570. The Morgan fingerprint density at radius 2 is 2.21 bits per heavy atom. The van der Waals surface area contributed by atoms with Crippen LogP contribution < -0.4 is 0 Å². The van der Waals surface area contributed by atoms with Crippen molar-refractivity contribution < 1.29 is 17.7 Å². The molecule has 0 aromatic carbocycles. The fourth-order valence-electron chi connectivity index (χ4n) is 2.94. The van der Waals surface area contributed by atoms with Crippen molar-refractivity contribution in [3.05, 3.63) is 11.7 Å².